The molecule has 192 valence electrons. The molecule has 1 saturated heterocycles. The third-order valence-corrected chi connectivity index (χ3v) is 8.50. The lowest BCUT2D eigenvalue weighted by molar-refractivity contribution is 0.0747. The highest BCUT2D eigenvalue weighted by Gasteiger charge is 2.28. The van der Waals surface area contributed by atoms with Crippen LogP contribution in [0.5, 0.6) is 0 Å². The maximum Gasteiger partial charge on any atom is 0.257 e. The number of halogens is 2. The lowest BCUT2D eigenvalue weighted by atomic mass is 9.84. The molecule has 0 bridgehead atoms. The topological polar surface area (TPSA) is 66.3 Å². The molecule has 7 nitrogen and oxygen atoms in total. The quantitative estimate of drug-likeness (QED) is 0.418. The zero-order valence-corrected chi connectivity index (χ0v) is 22.5. The molecule has 3 aromatic rings. The number of nitrogens with one attached hydrogen (secondary N) is 1. The SMILES string of the molecule is CCn1ncc2c(N[C@H](C)C3CCCCC3)c(C(=O)N3CCN(c4ccc(Cl)c(Cl)c4)CC3)cnc21. The van der Waals surface area contributed by atoms with Gasteiger partial charge in [0.1, 0.15) is 0 Å². The van der Waals surface area contributed by atoms with E-state index in [9.17, 15) is 4.79 Å². The third kappa shape index (κ3) is 5.00. The summed E-state index contributed by atoms with van der Waals surface area (Å²) in [5.74, 6) is 0.627. The molecule has 1 saturated carbocycles. The minimum absolute atomic E-state index is 0.0146. The first-order valence-corrected chi connectivity index (χ1v) is 13.8. The van der Waals surface area contributed by atoms with Crippen LogP contribution in [0.4, 0.5) is 11.4 Å². The van der Waals surface area contributed by atoms with Crippen molar-refractivity contribution in [2.45, 2.75) is 58.5 Å². The van der Waals surface area contributed by atoms with Crippen molar-refractivity contribution in [3.05, 3.63) is 46.2 Å². The summed E-state index contributed by atoms with van der Waals surface area (Å²) in [4.78, 5) is 22.6. The van der Waals surface area contributed by atoms with Crippen LogP contribution in [-0.2, 0) is 6.54 Å². The number of aryl methyl sites for hydroxylation is 1. The van der Waals surface area contributed by atoms with Gasteiger partial charge in [-0.2, -0.15) is 5.10 Å². The lowest BCUT2D eigenvalue weighted by Gasteiger charge is -2.36. The van der Waals surface area contributed by atoms with Crippen molar-refractivity contribution in [2.75, 3.05) is 36.4 Å². The van der Waals surface area contributed by atoms with Gasteiger partial charge in [0.05, 0.1) is 32.9 Å². The third-order valence-electron chi connectivity index (χ3n) is 7.76. The van der Waals surface area contributed by atoms with Crippen LogP contribution >= 0.6 is 23.2 Å². The Morgan fingerprint density at radius 3 is 2.53 bits per heavy atom. The van der Waals surface area contributed by atoms with Gasteiger partial charge in [-0.3, -0.25) is 4.79 Å². The number of benzene rings is 1. The maximum absolute atomic E-state index is 13.8. The van der Waals surface area contributed by atoms with Gasteiger partial charge in [0, 0.05) is 50.6 Å². The number of pyridine rings is 1. The lowest BCUT2D eigenvalue weighted by Crippen LogP contribution is -2.49. The van der Waals surface area contributed by atoms with E-state index in [0.717, 1.165) is 42.0 Å². The number of carbonyl (C=O) groups is 1. The summed E-state index contributed by atoms with van der Waals surface area (Å²) in [6.45, 7) is 7.75. The van der Waals surface area contributed by atoms with Crippen LogP contribution < -0.4 is 10.2 Å². The van der Waals surface area contributed by atoms with Crippen molar-refractivity contribution in [1.82, 2.24) is 19.7 Å². The molecule has 2 aromatic heterocycles. The van der Waals surface area contributed by atoms with E-state index in [-0.39, 0.29) is 11.9 Å². The Kier molecular flexibility index (Phi) is 7.58. The first-order valence-electron chi connectivity index (χ1n) is 13.1. The van der Waals surface area contributed by atoms with Gasteiger partial charge in [-0.05, 0) is 50.8 Å². The second kappa shape index (κ2) is 10.9. The number of anilines is 2. The summed E-state index contributed by atoms with van der Waals surface area (Å²) in [6, 6.07) is 5.96. The van der Waals surface area contributed by atoms with E-state index in [1.54, 1.807) is 6.20 Å². The predicted octanol–water partition coefficient (Wildman–Crippen LogP) is 6.10. The summed E-state index contributed by atoms with van der Waals surface area (Å²) in [6.07, 6.45) is 9.94. The number of nitrogens with zero attached hydrogens (tertiary/aromatic N) is 5. The summed E-state index contributed by atoms with van der Waals surface area (Å²) in [5.41, 5.74) is 3.34. The molecule has 1 atom stereocenters. The summed E-state index contributed by atoms with van der Waals surface area (Å²) in [5, 5.41) is 10.3. The van der Waals surface area contributed by atoms with Crippen molar-refractivity contribution in [2.24, 2.45) is 5.92 Å². The number of hydrogen-bond acceptors (Lipinski definition) is 5. The zero-order chi connectivity index (χ0) is 25.2. The van der Waals surface area contributed by atoms with Gasteiger partial charge in [0.15, 0.2) is 5.65 Å². The van der Waals surface area contributed by atoms with E-state index in [0.29, 0.717) is 34.6 Å². The Balaban J connectivity index is 1.38. The smallest absolute Gasteiger partial charge is 0.257 e. The first-order chi connectivity index (χ1) is 17.5. The Morgan fingerprint density at radius 2 is 1.83 bits per heavy atom. The Hall–Kier alpha value is -2.51. The molecule has 1 aliphatic heterocycles. The molecule has 36 heavy (non-hydrogen) atoms. The van der Waals surface area contributed by atoms with Crippen molar-refractivity contribution in [3.8, 4) is 0 Å². The number of amides is 1. The van der Waals surface area contributed by atoms with E-state index in [2.05, 4.69) is 34.1 Å². The molecule has 5 rings (SSSR count). The van der Waals surface area contributed by atoms with E-state index >= 15 is 0 Å². The van der Waals surface area contributed by atoms with E-state index in [1.165, 1.54) is 32.1 Å². The highest BCUT2D eigenvalue weighted by Crippen LogP contribution is 2.33. The molecule has 0 spiro atoms. The first kappa shape index (κ1) is 25.2. The van der Waals surface area contributed by atoms with E-state index in [4.69, 9.17) is 23.2 Å². The number of hydrogen-bond donors (Lipinski definition) is 1. The molecule has 9 heteroatoms. The number of piperazine rings is 1. The number of carbonyl (C=O) groups excluding carboxylic acids is 1. The van der Waals surface area contributed by atoms with E-state index < -0.39 is 0 Å². The molecule has 2 fully saturated rings. The standard InChI is InChI=1S/C27H34Cl2N6O/c1-3-35-26-21(17-31-35)25(32-18(2)19-7-5-4-6-8-19)22(16-30-26)27(36)34-13-11-33(12-14-34)20-9-10-23(28)24(29)15-20/h9-10,15-19H,3-8,11-14H2,1-2H3,(H,30,32)/t18-/m1/s1. The molecular weight excluding hydrogens is 495 g/mol. The van der Waals surface area contributed by atoms with Gasteiger partial charge >= 0.3 is 0 Å². The fraction of sp³-hybridized carbons (Fsp3) is 0.519. The minimum atomic E-state index is 0.0146. The maximum atomic E-state index is 13.8. The van der Waals surface area contributed by atoms with Crippen molar-refractivity contribution in [3.63, 3.8) is 0 Å². The Labute approximate surface area is 222 Å². The molecule has 3 heterocycles. The monoisotopic (exact) mass is 528 g/mol. The highest BCUT2D eigenvalue weighted by atomic mass is 35.5. The van der Waals surface area contributed by atoms with Crippen LogP contribution in [0, 0.1) is 5.92 Å². The molecule has 1 aromatic carbocycles. The van der Waals surface area contributed by atoms with E-state index in [1.807, 2.05) is 34.0 Å². The van der Waals surface area contributed by atoms with Gasteiger partial charge in [0.2, 0.25) is 0 Å². The molecule has 0 unspecified atom stereocenters. The Bertz CT molecular complexity index is 1230. The number of fused-ring (bicyclic) bond motifs is 1. The van der Waals surface area contributed by atoms with Crippen molar-refractivity contribution >= 4 is 51.5 Å². The number of rotatable bonds is 6. The van der Waals surface area contributed by atoms with Crippen LogP contribution in [0.15, 0.2) is 30.6 Å². The molecule has 1 N–H and O–H groups in total. The van der Waals surface area contributed by atoms with Crippen LogP contribution in [0.25, 0.3) is 11.0 Å². The normalized spacial score (nSPS) is 18.0. The zero-order valence-electron chi connectivity index (χ0n) is 21.0. The molecular formula is C27H34Cl2N6O. The number of aromatic nitrogens is 3. The summed E-state index contributed by atoms with van der Waals surface area (Å²) >= 11 is 12.3. The summed E-state index contributed by atoms with van der Waals surface area (Å²) in [7, 11) is 0. The van der Waals surface area contributed by atoms with Crippen LogP contribution in [0.1, 0.15) is 56.3 Å². The van der Waals surface area contributed by atoms with Gasteiger partial charge < -0.3 is 15.1 Å². The van der Waals surface area contributed by atoms with Crippen molar-refractivity contribution < 1.29 is 4.79 Å². The van der Waals surface area contributed by atoms with Crippen molar-refractivity contribution in [1.29, 1.82) is 0 Å². The fourth-order valence-corrected chi connectivity index (χ4v) is 5.87. The van der Waals surface area contributed by atoms with Gasteiger partial charge in [-0.25, -0.2) is 9.67 Å². The van der Waals surface area contributed by atoms with Gasteiger partial charge in [-0.15, -0.1) is 0 Å². The average molecular weight is 530 g/mol. The largest absolute Gasteiger partial charge is 0.381 e. The molecule has 1 amide bonds. The second-order valence-electron chi connectivity index (χ2n) is 9.95. The fourth-order valence-electron chi connectivity index (χ4n) is 5.58. The van der Waals surface area contributed by atoms with Gasteiger partial charge in [-0.1, -0.05) is 42.5 Å². The molecule has 2 aliphatic rings. The highest BCUT2D eigenvalue weighted by molar-refractivity contribution is 6.42. The molecule has 0 radical (unpaired) electrons. The summed E-state index contributed by atoms with van der Waals surface area (Å²) < 4.78 is 1.88. The second-order valence-corrected chi connectivity index (χ2v) is 10.8. The predicted molar refractivity (Wildman–Crippen MR) is 147 cm³/mol. The Morgan fingerprint density at radius 1 is 1.08 bits per heavy atom. The van der Waals surface area contributed by atoms with Crippen LogP contribution in [-0.4, -0.2) is 57.8 Å². The van der Waals surface area contributed by atoms with Crippen LogP contribution in [0.2, 0.25) is 10.0 Å². The van der Waals surface area contributed by atoms with Gasteiger partial charge in [0.25, 0.3) is 5.91 Å². The minimum Gasteiger partial charge on any atom is -0.381 e. The van der Waals surface area contributed by atoms with Crippen LogP contribution in [0.3, 0.4) is 0 Å². The average Bonchev–Trinajstić information content (AvgIpc) is 3.34. The molecule has 1 aliphatic carbocycles.